The molecule has 0 saturated carbocycles. The van der Waals surface area contributed by atoms with Gasteiger partial charge in [0.2, 0.25) is 5.56 Å². The van der Waals surface area contributed by atoms with Gasteiger partial charge in [0.1, 0.15) is 0 Å². The second-order valence-electron chi connectivity index (χ2n) is 4.48. The van der Waals surface area contributed by atoms with E-state index in [0.717, 1.165) is 5.56 Å². The number of aryl methyl sites for hydroxylation is 1. The van der Waals surface area contributed by atoms with Crippen LogP contribution < -0.4 is 15.6 Å². The monoisotopic (exact) mass is 290 g/mol. The van der Waals surface area contributed by atoms with E-state index < -0.39 is 5.82 Å². The van der Waals surface area contributed by atoms with Crippen molar-refractivity contribution < 1.29 is 13.9 Å². The fraction of sp³-hybridized carbons (Fsp3) is 0.200. The zero-order valence-corrected chi connectivity index (χ0v) is 11.5. The molecule has 1 N–H and O–H groups in total. The molecule has 0 unspecified atom stereocenters. The third kappa shape index (κ3) is 4.17. The van der Waals surface area contributed by atoms with Crippen molar-refractivity contribution in [1.82, 2.24) is 9.88 Å². The number of benzene rings is 1. The van der Waals surface area contributed by atoms with E-state index in [1.165, 1.54) is 22.8 Å². The Labute approximate surface area is 121 Å². The summed E-state index contributed by atoms with van der Waals surface area (Å²) in [6.07, 6.45) is 1.64. The molecule has 21 heavy (non-hydrogen) atoms. The summed E-state index contributed by atoms with van der Waals surface area (Å²) >= 11 is 0. The molecule has 2 rings (SSSR count). The largest absolute Gasteiger partial charge is 0.481 e. The zero-order valence-electron chi connectivity index (χ0n) is 11.5. The fourth-order valence-corrected chi connectivity index (χ4v) is 1.71. The van der Waals surface area contributed by atoms with Gasteiger partial charge in [-0.15, -0.1) is 0 Å². The number of rotatable bonds is 5. The molecule has 6 heteroatoms. The maximum absolute atomic E-state index is 13.3. The third-order valence-corrected chi connectivity index (χ3v) is 2.83. The molecule has 1 aromatic heterocycles. The lowest BCUT2D eigenvalue weighted by molar-refractivity contribution is -0.123. The minimum absolute atomic E-state index is 0.0368. The highest BCUT2D eigenvalue weighted by molar-refractivity contribution is 5.77. The van der Waals surface area contributed by atoms with Gasteiger partial charge in [0.25, 0.3) is 5.91 Å². The molecule has 0 aliphatic carbocycles. The number of nitrogens with zero attached hydrogens (tertiary/aromatic N) is 1. The van der Waals surface area contributed by atoms with Crippen LogP contribution in [0, 0.1) is 5.82 Å². The Balaban J connectivity index is 1.83. The van der Waals surface area contributed by atoms with E-state index in [-0.39, 0.29) is 30.4 Å². The van der Waals surface area contributed by atoms with Crippen molar-refractivity contribution in [2.24, 2.45) is 7.05 Å². The van der Waals surface area contributed by atoms with Gasteiger partial charge in [0, 0.05) is 25.9 Å². The normalized spacial score (nSPS) is 10.2. The number of pyridine rings is 1. The van der Waals surface area contributed by atoms with Crippen LogP contribution in [0.1, 0.15) is 5.56 Å². The average molecular weight is 290 g/mol. The predicted octanol–water partition coefficient (Wildman–Crippen LogP) is 1.22. The highest BCUT2D eigenvalue weighted by atomic mass is 19.1. The second-order valence-corrected chi connectivity index (χ2v) is 4.48. The van der Waals surface area contributed by atoms with Crippen molar-refractivity contribution >= 4 is 5.91 Å². The van der Waals surface area contributed by atoms with Crippen molar-refractivity contribution in [1.29, 1.82) is 0 Å². The number of nitrogens with one attached hydrogen (secondary N) is 1. The molecule has 0 aliphatic rings. The van der Waals surface area contributed by atoms with E-state index in [1.807, 2.05) is 0 Å². The van der Waals surface area contributed by atoms with Crippen LogP contribution in [0.4, 0.5) is 4.39 Å². The molecule has 0 fully saturated rings. The zero-order chi connectivity index (χ0) is 15.2. The van der Waals surface area contributed by atoms with Gasteiger partial charge in [-0.3, -0.25) is 9.59 Å². The summed E-state index contributed by atoms with van der Waals surface area (Å²) < 4.78 is 19.8. The number of hydrogen-bond acceptors (Lipinski definition) is 3. The quantitative estimate of drug-likeness (QED) is 0.900. The number of hydrogen-bond donors (Lipinski definition) is 1. The lowest BCUT2D eigenvalue weighted by atomic mass is 10.3. The first kappa shape index (κ1) is 14.8. The molecule has 0 spiro atoms. The van der Waals surface area contributed by atoms with E-state index in [2.05, 4.69) is 5.32 Å². The summed E-state index contributed by atoms with van der Waals surface area (Å²) in [4.78, 5) is 22.8. The molecule has 0 saturated heterocycles. The standard InChI is InChI=1S/C15H15FN2O3/c1-18-9-11(6-7-15(18)20)8-17-14(19)10-21-13-5-3-2-4-12(13)16/h2-7,9H,8,10H2,1H3,(H,17,19). The van der Waals surface area contributed by atoms with Gasteiger partial charge < -0.3 is 14.6 Å². The Bertz CT molecular complexity index is 697. The van der Waals surface area contributed by atoms with Crippen LogP contribution in [0.3, 0.4) is 0 Å². The predicted molar refractivity (Wildman–Crippen MR) is 75.4 cm³/mol. The molecular weight excluding hydrogens is 275 g/mol. The number of carbonyl (C=O) groups is 1. The number of carbonyl (C=O) groups excluding carboxylic acids is 1. The first-order valence-electron chi connectivity index (χ1n) is 6.36. The Kier molecular flexibility index (Phi) is 4.71. The Hall–Kier alpha value is -2.63. The van der Waals surface area contributed by atoms with Gasteiger partial charge in [-0.2, -0.15) is 0 Å². The SMILES string of the molecule is Cn1cc(CNC(=O)COc2ccccc2F)ccc1=O. The number of ether oxygens (including phenoxy) is 1. The molecule has 110 valence electrons. The van der Waals surface area contributed by atoms with E-state index in [4.69, 9.17) is 4.74 Å². The molecule has 0 atom stereocenters. The Morgan fingerprint density at radius 1 is 1.29 bits per heavy atom. The highest BCUT2D eigenvalue weighted by Crippen LogP contribution is 2.14. The average Bonchev–Trinajstić information content (AvgIpc) is 2.47. The number of amides is 1. The maximum Gasteiger partial charge on any atom is 0.258 e. The highest BCUT2D eigenvalue weighted by Gasteiger charge is 2.06. The van der Waals surface area contributed by atoms with Gasteiger partial charge in [0.05, 0.1) is 0 Å². The Morgan fingerprint density at radius 2 is 2.05 bits per heavy atom. The molecule has 2 aromatic rings. The third-order valence-electron chi connectivity index (χ3n) is 2.83. The molecule has 1 heterocycles. The van der Waals surface area contributed by atoms with Crippen molar-refractivity contribution in [2.75, 3.05) is 6.61 Å². The summed E-state index contributed by atoms with van der Waals surface area (Å²) in [6, 6.07) is 8.95. The smallest absolute Gasteiger partial charge is 0.258 e. The molecule has 0 aliphatic heterocycles. The van der Waals surface area contributed by atoms with Crippen LogP contribution in [-0.2, 0) is 18.4 Å². The first-order chi connectivity index (χ1) is 10.1. The number of halogens is 1. The first-order valence-corrected chi connectivity index (χ1v) is 6.36. The number of para-hydroxylation sites is 1. The summed E-state index contributed by atoms with van der Waals surface area (Å²) in [6.45, 7) is 0.000280. The van der Waals surface area contributed by atoms with E-state index in [9.17, 15) is 14.0 Å². The van der Waals surface area contributed by atoms with Crippen LogP contribution in [0.2, 0.25) is 0 Å². The van der Waals surface area contributed by atoms with E-state index in [0.29, 0.717) is 0 Å². The molecular formula is C15H15FN2O3. The van der Waals surface area contributed by atoms with Crippen LogP contribution in [-0.4, -0.2) is 17.1 Å². The molecule has 5 nitrogen and oxygen atoms in total. The van der Waals surface area contributed by atoms with Crippen LogP contribution in [0.25, 0.3) is 0 Å². The van der Waals surface area contributed by atoms with Crippen molar-refractivity contribution in [2.45, 2.75) is 6.54 Å². The van der Waals surface area contributed by atoms with Gasteiger partial charge in [0.15, 0.2) is 18.2 Å². The van der Waals surface area contributed by atoms with Crippen molar-refractivity contribution in [3.63, 3.8) is 0 Å². The maximum atomic E-state index is 13.3. The lowest BCUT2D eigenvalue weighted by Gasteiger charge is -2.08. The summed E-state index contributed by atoms with van der Waals surface area (Å²) in [5.41, 5.74) is 0.671. The van der Waals surface area contributed by atoms with Crippen molar-refractivity contribution in [3.8, 4) is 5.75 Å². The van der Waals surface area contributed by atoms with Crippen LogP contribution in [0.5, 0.6) is 5.75 Å². The minimum Gasteiger partial charge on any atom is -0.481 e. The topological polar surface area (TPSA) is 60.3 Å². The molecule has 0 radical (unpaired) electrons. The lowest BCUT2D eigenvalue weighted by Crippen LogP contribution is -2.29. The minimum atomic E-state index is -0.511. The van der Waals surface area contributed by atoms with Crippen LogP contribution >= 0.6 is 0 Å². The summed E-state index contributed by atoms with van der Waals surface area (Å²) in [5, 5.41) is 2.63. The Morgan fingerprint density at radius 3 is 2.76 bits per heavy atom. The summed E-state index contributed by atoms with van der Waals surface area (Å²) in [7, 11) is 1.63. The molecule has 1 amide bonds. The summed E-state index contributed by atoms with van der Waals surface area (Å²) in [5.74, 6) is -0.842. The molecule has 1 aromatic carbocycles. The number of aromatic nitrogens is 1. The van der Waals surface area contributed by atoms with Crippen LogP contribution in [0.15, 0.2) is 47.4 Å². The van der Waals surface area contributed by atoms with E-state index in [1.54, 1.807) is 31.4 Å². The van der Waals surface area contributed by atoms with Gasteiger partial charge >= 0.3 is 0 Å². The van der Waals surface area contributed by atoms with Gasteiger partial charge in [-0.25, -0.2) is 4.39 Å². The fourth-order valence-electron chi connectivity index (χ4n) is 1.71. The van der Waals surface area contributed by atoms with Gasteiger partial charge in [-0.1, -0.05) is 18.2 Å². The van der Waals surface area contributed by atoms with Gasteiger partial charge in [-0.05, 0) is 17.7 Å². The van der Waals surface area contributed by atoms with E-state index >= 15 is 0 Å². The molecule has 0 bridgehead atoms. The second kappa shape index (κ2) is 6.69. The van der Waals surface area contributed by atoms with Crippen molar-refractivity contribution in [3.05, 3.63) is 64.3 Å².